The van der Waals surface area contributed by atoms with Gasteiger partial charge in [0.2, 0.25) is 5.91 Å². The lowest BCUT2D eigenvalue weighted by molar-refractivity contribution is -0.121. The van der Waals surface area contributed by atoms with Gasteiger partial charge >= 0.3 is 0 Å². The van der Waals surface area contributed by atoms with Gasteiger partial charge in [0.25, 0.3) is 0 Å². The van der Waals surface area contributed by atoms with Gasteiger partial charge in [-0.15, -0.1) is 0 Å². The standard InChI is InChI=1S/C10H13N3O2/c1-8(14)9-3-2-6-13(9)7-10(15)12-5-4-11/h2-3,6,8,14H,5,7H2,1H3,(H,12,15). The van der Waals surface area contributed by atoms with Crippen molar-refractivity contribution in [3.63, 3.8) is 0 Å². The molecule has 0 saturated carbocycles. The monoisotopic (exact) mass is 207 g/mol. The molecule has 0 aliphatic heterocycles. The number of hydrogen-bond donors (Lipinski definition) is 2. The van der Waals surface area contributed by atoms with E-state index in [1.807, 2.05) is 6.07 Å². The Morgan fingerprint density at radius 2 is 2.53 bits per heavy atom. The van der Waals surface area contributed by atoms with Gasteiger partial charge in [0.05, 0.1) is 12.2 Å². The summed E-state index contributed by atoms with van der Waals surface area (Å²) < 4.78 is 1.65. The summed E-state index contributed by atoms with van der Waals surface area (Å²) >= 11 is 0. The summed E-state index contributed by atoms with van der Waals surface area (Å²) in [5.41, 5.74) is 0.683. The largest absolute Gasteiger partial charge is 0.387 e. The number of aromatic nitrogens is 1. The molecule has 80 valence electrons. The first kappa shape index (κ1) is 11.3. The predicted octanol–water partition coefficient (Wildman–Crippen LogP) is 0.181. The fraction of sp³-hybridized carbons (Fsp3) is 0.400. The molecule has 0 bridgehead atoms. The molecule has 0 radical (unpaired) electrons. The highest BCUT2D eigenvalue weighted by atomic mass is 16.3. The Bertz CT molecular complexity index is 376. The maximum Gasteiger partial charge on any atom is 0.240 e. The molecular formula is C10H13N3O2. The first-order chi connectivity index (χ1) is 7.15. The van der Waals surface area contributed by atoms with Crippen LogP contribution >= 0.6 is 0 Å². The third-order valence-electron chi connectivity index (χ3n) is 1.97. The van der Waals surface area contributed by atoms with E-state index in [1.165, 1.54) is 0 Å². The number of aliphatic hydroxyl groups excluding tert-OH is 1. The summed E-state index contributed by atoms with van der Waals surface area (Å²) in [6, 6.07) is 5.34. The molecule has 0 spiro atoms. The summed E-state index contributed by atoms with van der Waals surface area (Å²) in [6.45, 7) is 1.76. The van der Waals surface area contributed by atoms with Gasteiger partial charge < -0.3 is 15.0 Å². The Morgan fingerprint density at radius 3 is 3.13 bits per heavy atom. The average molecular weight is 207 g/mol. The molecule has 0 aliphatic rings. The number of nitriles is 1. The lowest BCUT2D eigenvalue weighted by atomic mass is 10.3. The highest BCUT2D eigenvalue weighted by molar-refractivity contribution is 5.76. The number of carbonyl (C=O) groups excluding carboxylic acids is 1. The Labute approximate surface area is 87.9 Å². The lowest BCUT2D eigenvalue weighted by Crippen LogP contribution is -2.28. The van der Waals surface area contributed by atoms with Gasteiger partial charge in [0.1, 0.15) is 13.1 Å². The Morgan fingerprint density at radius 1 is 1.80 bits per heavy atom. The van der Waals surface area contributed by atoms with E-state index in [2.05, 4.69) is 5.32 Å². The van der Waals surface area contributed by atoms with Crippen molar-refractivity contribution >= 4 is 5.91 Å². The third kappa shape index (κ3) is 3.11. The molecule has 1 aromatic heterocycles. The van der Waals surface area contributed by atoms with E-state index in [-0.39, 0.29) is 19.0 Å². The molecule has 1 rings (SSSR count). The van der Waals surface area contributed by atoms with E-state index in [0.717, 1.165) is 0 Å². The van der Waals surface area contributed by atoms with Crippen molar-refractivity contribution in [3.8, 4) is 6.07 Å². The van der Waals surface area contributed by atoms with Gasteiger partial charge in [-0.05, 0) is 19.1 Å². The molecule has 1 aromatic rings. The molecule has 0 aliphatic carbocycles. The van der Waals surface area contributed by atoms with Gasteiger partial charge in [-0.3, -0.25) is 4.79 Å². The van der Waals surface area contributed by atoms with Crippen molar-refractivity contribution in [2.75, 3.05) is 6.54 Å². The van der Waals surface area contributed by atoms with E-state index in [9.17, 15) is 9.90 Å². The van der Waals surface area contributed by atoms with E-state index >= 15 is 0 Å². The first-order valence-corrected chi connectivity index (χ1v) is 4.62. The lowest BCUT2D eigenvalue weighted by Gasteiger charge is -2.10. The molecule has 2 N–H and O–H groups in total. The molecule has 5 heteroatoms. The second-order valence-corrected chi connectivity index (χ2v) is 3.17. The summed E-state index contributed by atoms with van der Waals surface area (Å²) in [7, 11) is 0. The van der Waals surface area contributed by atoms with E-state index in [1.54, 1.807) is 29.8 Å². The van der Waals surface area contributed by atoms with Crippen LogP contribution in [0, 0.1) is 11.3 Å². The van der Waals surface area contributed by atoms with Crippen LogP contribution in [0.4, 0.5) is 0 Å². The van der Waals surface area contributed by atoms with Crippen molar-refractivity contribution in [1.82, 2.24) is 9.88 Å². The topological polar surface area (TPSA) is 78.1 Å². The number of hydrogen-bond acceptors (Lipinski definition) is 3. The molecule has 5 nitrogen and oxygen atoms in total. The Hall–Kier alpha value is -1.80. The number of rotatable bonds is 4. The van der Waals surface area contributed by atoms with Crippen molar-refractivity contribution in [2.45, 2.75) is 19.6 Å². The SMILES string of the molecule is CC(O)c1cccn1CC(=O)NCC#N. The second kappa shape index (κ2) is 5.17. The molecular weight excluding hydrogens is 194 g/mol. The van der Waals surface area contributed by atoms with Gasteiger partial charge in [-0.2, -0.15) is 5.26 Å². The van der Waals surface area contributed by atoms with E-state index in [0.29, 0.717) is 5.69 Å². The zero-order chi connectivity index (χ0) is 11.3. The minimum absolute atomic E-state index is 0.00408. The quantitative estimate of drug-likeness (QED) is 0.691. The number of nitrogens with zero attached hydrogens (tertiary/aromatic N) is 2. The average Bonchev–Trinajstić information content (AvgIpc) is 2.62. The fourth-order valence-corrected chi connectivity index (χ4v) is 1.30. The molecule has 1 amide bonds. The van der Waals surface area contributed by atoms with Gasteiger partial charge in [-0.25, -0.2) is 0 Å². The molecule has 0 saturated heterocycles. The van der Waals surface area contributed by atoms with Crippen LogP contribution < -0.4 is 5.32 Å². The molecule has 0 aromatic carbocycles. The van der Waals surface area contributed by atoms with E-state index < -0.39 is 6.10 Å². The summed E-state index contributed by atoms with van der Waals surface area (Å²) in [6.07, 6.45) is 1.11. The highest BCUT2D eigenvalue weighted by Gasteiger charge is 2.09. The fourth-order valence-electron chi connectivity index (χ4n) is 1.30. The molecule has 0 fully saturated rings. The number of carbonyl (C=O) groups is 1. The van der Waals surface area contributed by atoms with Gasteiger partial charge in [0, 0.05) is 11.9 Å². The molecule has 1 atom stereocenters. The number of aliphatic hydroxyl groups is 1. The zero-order valence-corrected chi connectivity index (χ0v) is 8.47. The van der Waals surface area contributed by atoms with Crippen molar-refractivity contribution in [1.29, 1.82) is 5.26 Å². The van der Waals surface area contributed by atoms with Gasteiger partial charge in [0.15, 0.2) is 0 Å². The smallest absolute Gasteiger partial charge is 0.240 e. The number of nitrogens with one attached hydrogen (secondary N) is 1. The zero-order valence-electron chi connectivity index (χ0n) is 8.47. The minimum Gasteiger partial charge on any atom is -0.387 e. The second-order valence-electron chi connectivity index (χ2n) is 3.17. The van der Waals surface area contributed by atoms with Crippen LogP contribution in [0.2, 0.25) is 0 Å². The van der Waals surface area contributed by atoms with Crippen LogP contribution in [-0.2, 0) is 11.3 Å². The van der Waals surface area contributed by atoms with Crippen molar-refractivity contribution in [2.24, 2.45) is 0 Å². The van der Waals surface area contributed by atoms with Crippen molar-refractivity contribution in [3.05, 3.63) is 24.0 Å². The van der Waals surface area contributed by atoms with E-state index in [4.69, 9.17) is 5.26 Å². The first-order valence-electron chi connectivity index (χ1n) is 4.62. The van der Waals surface area contributed by atoms with Gasteiger partial charge in [-0.1, -0.05) is 0 Å². The van der Waals surface area contributed by atoms with Crippen LogP contribution in [0.1, 0.15) is 18.7 Å². The highest BCUT2D eigenvalue weighted by Crippen LogP contribution is 2.12. The Balaban J connectivity index is 2.61. The third-order valence-corrected chi connectivity index (χ3v) is 1.97. The predicted molar refractivity (Wildman–Crippen MR) is 53.7 cm³/mol. The molecule has 1 unspecified atom stereocenters. The molecule has 1 heterocycles. The van der Waals surface area contributed by atoms with Crippen LogP contribution in [0.15, 0.2) is 18.3 Å². The summed E-state index contributed by atoms with van der Waals surface area (Å²) in [4.78, 5) is 11.3. The summed E-state index contributed by atoms with van der Waals surface area (Å²) in [5, 5.41) is 20.1. The minimum atomic E-state index is -0.608. The Kier molecular flexibility index (Phi) is 3.89. The number of amides is 1. The van der Waals surface area contributed by atoms with Crippen LogP contribution in [0.25, 0.3) is 0 Å². The van der Waals surface area contributed by atoms with Crippen LogP contribution in [-0.4, -0.2) is 22.1 Å². The normalized spacial score (nSPS) is 11.8. The molecule has 15 heavy (non-hydrogen) atoms. The maximum absolute atomic E-state index is 11.3. The van der Waals surface area contributed by atoms with Crippen molar-refractivity contribution < 1.29 is 9.90 Å². The maximum atomic E-state index is 11.3. The van der Waals surface area contributed by atoms with Crippen LogP contribution in [0.3, 0.4) is 0 Å². The summed E-state index contributed by atoms with van der Waals surface area (Å²) in [5.74, 6) is -0.241. The van der Waals surface area contributed by atoms with Crippen LogP contribution in [0.5, 0.6) is 0 Å².